The van der Waals surface area contributed by atoms with Gasteiger partial charge < -0.3 is 18.9 Å². The van der Waals surface area contributed by atoms with Gasteiger partial charge in [0.05, 0.1) is 0 Å². The average Bonchev–Trinajstić information content (AvgIpc) is 3.39. The average molecular weight is 841 g/mol. The Hall–Kier alpha value is -8.80. The molecule has 0 bridgehead atoms. The predicted molar refractivity (Wildman–Crippen MR) is 264 cm³/mol. The summed E-state index contributed by atoms with van der Waals surface area (Å²) in [6.07, 6.45) is 22.4. The summed E-state index contributed by atoms with van der Waals surface area (Å²) in [5.74, 6) is 13.5. The standard InChI is InChI=1S/C61H44O4/c1-5-45-9-17-49(18-10-45)53-25-33-57(34-26-53)62-41-61(42-63-58-35-27-54(28-36-58)50-19-11-46(6-2)12-20-50,43-64-59-37-29-55(30-38-59)51-21-13-47(7-3)14-22-51)44-65-60-39-31-56(32-40-60)52-23-15-48(8-4)16-24-52/h1-4,9-40H,41-44H2. The van der Waals surface area contributed by atoms with E-state index in [9.17, 15) is 0 Å². The van der Waals surface area contributed by atoms with Gasteiger partial charge in [-0.3, -0.25) is 0 Å². The van der Waals surface area contributed by atoms with E-state index in [0.717, 1.165) is 66.8 Å². The van der Waals surface area contributed by atoms with Crippen LogP contribution in [0.15, 0.2) is 194 Å². The van der Waals surface area contributed by atoms with Crippen molar-refractivity contribution in [2.24, 2.45) is 5.41 Å². The zero-order valence-electron chi connectivity index (χ0n) is 35.7. The van der Waals surface area contributed by atoms with Gasteiger partial charge in [-0.1, -0.05) is 121 Å². The van der Waals surface area contributed by atoms with Gasteiger partial charge in [0, 0.05) is 22.3 Å². The summed E-state index contributed by atoms with van der Waals surface area (Å²) in [6.45, 7) is 0.841. The predicted octanol–water partition coefficient (Wildman–Crippen LogP) is 12.9. The van der Waals surface area contributed by atoms with Gasteiger partial charge in [-0.2, -0.15) is 0 Å². The van der Waals surface area contributed by atoms with Crippen LogP contribution in [0.2, 0.25) is 0 Å². The van der Waals surface area contributed by atoms with Gasteiger partial charge in [0.2, 0.25) is 0 Å². The van der Waals surface area contributed by atoms with Crippen molar-refractivity contribution in [3.05, 3.63) is 216 Å². The number of terminal acetylenes is 4. The van der Waals surface area contributed by atoms with Crippen LogP contribution in [0.5, 0.6) is 23.0 Å². The highest BCUT2D eigenvalue weighted by molar-refractivity contribution is 5.68. The molecular formula is C61H44O4. The van der Waals surface area contributed by atoms with Crippen molar-refractivity contribution in [2.45, 2.75) is 0 Å². The third-order valence-electron chi connectivity index (χ3n) is 11.1. The van der Waals surface area contributed by atoms with Gasteiger partial charge in [-0.15, -0.1) is 25.7 Å². The largest absolute Gasteiger partial charge is 0.493 e. The Balaban J connectivity index is 1.07. The first-order valence-electron chi connectivity index (χ1n) is 21.1. The molecule has 0 aliphatic carbocycles. The van der Waals surface area contributed by atoms with Crippen molar-refractivity contribution in [2.75, 3.05) is 26.4 Å². The van der Waals surface area contributed by atoms with Crippen LogP contribution < -0.4 is 18.9 Å². The van der Waals surface area contributed by atoms with E-state index in [4.69, 9.17) is 44.6 Å². The molecule has 312 valence electrons. The van der Waals surface area contributed by atoms with Crippen LogP contribution in [0.4, 0.5) is 0 Å². The Labute approximate surface area is 382 Å². The van der Waals surface area contributed by atoms with Crippen LogP contribution in [0.25, 0.3) is 44.5 Å². The van der Waals surface area contributed by atoms with Crippen molar-refractivity contribution in [3.63, 3.8) is 0 Å². The van der Waals surface area contributed by atoms with Crippen LogP contribution >= 0.6 is 0 Å². The van der Waals surface area contributed by atoms with Gasteiger partial charge in [-0.25, -0.2) is 0 Å². The highest BCUT2D eigenvalue weighted by Crippen LogP contribution is 2.31. The molecule has 8 rings (SSSR count). The van der Waals surface area contributed by atoms with Gasteiger partial charge in [0.1, 0.15) is 54.8 Å². The lowest BCUT2D eigenvalue weighted by Gasteiger charge is -2.33. The third kappa shape index (κ3) is 11.0. The Bertz CT molecular complexity index is 2570. The third-order valence-corrected chi connectivity index (χ3v) is 11.1. The van der Waals surface area contributed by atoms with E-state index in [-0.39, 0.29) is 26.4 Å². The molecule has 8 aromatic carbocycles. The minimum atomic E-state index is -0.819. The Morgan fingerprint density at radius 3 is 0.554 bits per heavy atom. The minimum absolute atomic E-state index is 0.210. The number of hydrogen-bond donors (Lipinski definition) is 0. The number of benzene rings is 8. The maximum absolute atomic E-state index is 6.64. The topological polar surface area (TPSA) is 36.9 Å². The molecular weight excluding hydrogens is 797 g/mol. The molecule has 0 spiro atoms. The molecule has 4 nitrogen and oxygen atoms in total. The molecule has 0 saturated heterocycles. The van der Waals surface area contributed by atoms with Crippen molar-refractivity contribution < 1.29 is 18.9 Å². The second-order valence-corrected chi connectivity index (χ2v) is 15.6. The summed E-state index contributed by atoms with van der Waals surface area (Å²) in [5, 5.41) is 0. The van der Waals surface area contributed by atoms with E-state index >= 15 is 0 Å². The molecule has 0 fully saturated rings. The van der Waals surface area contributed by atoms with E-state index in [1.807, 2.05) is 194 Å². The Morgan fingerprint density at radius 2 is 0.400 bits per heavy atom. The number of hydrogen-bond acceptors (Lipinski definition) is 4. The molecule has 0 N–H and O–H groups in total. The van der Waals surface area contributed by atoms with Crippen LogP contribution in [0.3, 0.4) is 0 Å². The molecule has 0 amide bonds. The summed E-state index contributed by atoms with van der Waals surface area (Å²) in [4.78, 5) is 0. The molecule has 0 atom stereocenters. The lowest BCUT2D eigenvalue weighted by molar-refractivity contribution is -0.00350. The molecule has 65 heavy (non-hydrogen) atoms. The molecule has 0 unspecified atom stereocenters. The van der Waals surface area contributed by atoms with Crippen molar-refractivity contribution in [1.82, 2.24) is 0 Å². The van der Waals surface area contributed by atoms with E-state index in [0.29, 0.717) is 23.0 Å². The quantitative estimate of drug-likeness (QED) is 0.0908. The summed E-state index contributed by atoms with van der Waals surface area (Å²) in [5.41, 5.74) is 10.9. The molecule has 4 heteroatoms. The molecule has 0 aliphatic rings. The zero-order valence-corrected chi connectivity index (χ0v) is 35.7. The lowest BCUT2D eigenvalue weighted by atomic mass is 9.91. The molecule has 0 radical (unpaired) electrons. The van der Waals surface area contributed by atoms with Gasteiger partial charge in [-0.05, 0) is 142 Å². The Morgan fingerprint density at radius 1 is 0.246 bits per heavy atom. The number of rotatable bonds is 16. The lowest BCUT2D eigenvalue weighted by Crippen LogP contribution is -2.45. The maximum Gasteiger partial charge on any atom is 0.119 e. The second-order valence-electron chi connectivity index (χ2n) is 15.6. The normalized spacial score (nSPS) is 10.6. The first-order chi connectivity index (χ1) is 31.9. The molecule has 0 heterocycles. The van der Waals surface area contributed by atoms with Crippen LogP contribution in [-0.4, -0.2) is 26.4 Å². The minimum Gasteiger partial charge on any atom is -0.493 e. The van der Waals surface area contributed by atoms with Crippen molar-refractivity contribution >= 4 is 0 Å². The summed E-state index contributed by atoms with van der Waals surface area (Å²) in [6, 6.07) is 63.7. The molecule has 0 aliphatic heterocycles. The van der Waals surface area contributed by atoms with Crippen molar-refractivity contribution in [1.29, 1.82) is 0 Å². The first-order valence-corrected chi connectivity index (χ1v) is 21.1. The van der Waals surface area contributed by atoms with Gasteiger partial charge in [0.15, 0.2) is 0 Å². The first kappa shape index (κ1) is 42.9. The highest BCUT2D eigenvalue weighted by atomic mass is 16.5. The van der Waals surface area contributed by atoms with Gasteiger partial charge in [0.25, 0.3) is 0 Å². The second kappa shape index (κ2) is 20.4. The van der Waals surface area contributed by atoms with E-state index in [1.165, 1.54) is 0 Å². The summed E-state index contributed by atoms with van der Waals surface area (Å²) < 4.78 is 26.6. The van der Waals surface area contributed by atoms with Crippen molar-refractivity contribution in [3.8, 4) is 117 Å². The monoisotopic (exact) mass is 840 g/mol. The highest BCUT2D eigenvalue weighted by Gasteiger charge is 2.36. The van der Waals surface area contributed by atoms with E-state index in [1.54, 1.807) is 0 Å². The van der Waals surface area contributed by atoms with E-state index < -0.39 is 5.41 Å². The molecule has 0 saturated carbocycles. The Kier molecular flexibility index (Phi) is 13.4. The van der Waals surface area contributed by atoms with Crippen LogP contribution in [-0.2, 0) is 0 Å². The fourth-order valence-electron chi connectivity index (χ4n) is 7.21. The zero-order chi connectivity index (χ0) is 44.9. The summed E-state index contributed by atoms with van der Waals surface area (Å²) >= 11 is 0. The van der Waals surface area contributed by atoms with Gasteiger partial charge >= 0.3 is 0 Å². The smallest absolute Gasteiger partial charge is 0.119 e. The fourth-order valence-corrected chi connectivity index (χ4v) is 7.21. The maximum atomic E-state index is 6.64. The van der Waals surface area contributed by atoms with Crippen LogP contribution in [0, 0.1) is 54.8 Å². The van der Waals surface area contributed by atoms with Crippen LogP contribution in [0.1, 0.15) is 22.3 Å². The molecule has 0 aromatic heterocycles. The summed E-state index contributed by atoms with van der Waals surface area (Å²) in [7, 11) is 0. The number of ether oxygens (including phenoxy) is 4. The van der Waals surface area contributed by atoms with E-state index in [2.05, 4.69) is 23.7 Å². The fraction of sp³-hybridized carbons (Fsp3) is 0.0820. The molecule has 8 aromatic rings. The SMILES string of the molecule is C#Cc1ccc(-c2ccc(OCC(COc3ccc(-c4ccc(C#C)cc4)cc3)(COc3ccc(-c4ccc(C#C)cc4)cc3)COc3ccc(-c4ccc(C#C)cc4)cc3)cc2)cc1.